The van der Waals surface area contributed by atoms with Crippen LogP contribution in [0.3, 0.4) is 0 Å². The van der Waals surface area contributed by atoms with E-state index in [2.05, 4.69) is 0 Å². The van der Waals surface area contributed by atoms with E-state index in [0.717, 1.165) is 38.5 Å². The van der Waals surface area contributed by atoms with Crippen molar-refractivity contribution in [1.29, 1.82) is 0 Å². The minimum absolute atomic E-state index is 0.225. The van der Waals surface area contributed by atoms with E-state index in [1.165, 1.54) is 0 Å². The maximum absolute atomic E-state index is 12.6. The summed E-state index contributed by atoms with van der Waals surface area (Å²) in [6, 6.07) is 0. The van der Waals surface area contributed by atoms with Crippen molar-refractivity contribution in [3.63, 3.8) is 0 Å². The predicted octanol–water partition coefficient (Wildman–Crippen LogP) is 4.64. The van der Waals surface area contributed by atoms with Gasteiger partial charge >= 0.3 is 13.8 Å². The fraction of sp³-hybridized carbons (Fsp3) is 0.938. The van der Waals surface area contributed by atoms with Crippen LogP contribution in [-0.2, 0) is 22.9 Å². The van der Waals surface area contributed by atoms with Crippen LogP contribution in [0.2, 0.25) is 0 Å². The molecule has 0 unspecified atom stereocenters. The fourth-order valence-electron chi connectivity index (χ4n) is 2.53. The highest BCUT2D eigenvalue weighted by Gasteiger charge is 2.31. The van der Waals surface area contributed by atoms with E-state index in [1.807, 2.05) is 13.8 Å². The maximum Gasteiger partial charge on any atom is 0.474 e. The number of carboxylic acid groups (broad SMARTS) is 1. The number of carbonyl (C=O) groups is 1. The molecule has 1 fully saturated rings. The first-order valence-corrected chi connectivity index (χ1v) is 10.2. The van der Waals surface area contributed by atoms with Gasteiger partial charge in [-0.1, -0.05) is 26.7 Å². The van der Waals surface area contributed by atoms with E-state index in [1.54, 1.807) is 0 Å². The van der Waals surface area contributed by atoms with Gasteiger partial charge in [-0.15, -0.1) is 0 Å². The molecule has 1 aliphatic carbocycles. The van der Waals surface area contributed by atoms with E-state index in [-0.39, 0.29) is 11.8 Å². The van der Waals surface area contributed by atoms with Crippen LogP contribution in [0, 0.1) is 11.8 Å². The Kier molecular flexibility index (Phi) is 10.0. The number of aliphatic carboxylic acids is 1. The summed E-state index contributed by atoms with van der Waals surface area (Å²) in [5.74, 6) is -0.746. The van der Waals surface area contributed by atoms with Crippen LogP contribution in [0.5, 0.6) is 0 Å². The molecule has 7 heteroatoms. The lowest BCUT2D eigenvalue weighted by atomic mass is 9.82. The van der Waals surface area contributed by atoms with E-state index >= 15 is 0 Å². The summed E-state index contributed by atoms with van der Waals surface area (Å²) in [7, 11) is -3.50. The zero-order valence-corrected chi connectivity index (χ0v) is 15.3. The number of rotatable bonds is 12. The van der Waals surface area contributed by atoms with Crippen molar-refractivity contribution >= 4 is 13.8 Å². The van der Waals surface area contributed by atoms with Gasteiger partial charge < -0.3 is 5.11 Å². The molecule has 0 aromatic heterocycles. The summed E-state index contributed by atoms with van der Waals surface area (Å²) >= 11 is 0. The van der Waals surface area contributed by atoms with Gasteiger partial charge in [0.05, 0.1) is 25.7 Å². The third-order valence-corrected chi connectivity index (χ3v) is 5.62. The Labute approximate surface area is 139 Å². The first kappa shape index (κ1) is 20.6. The molecule has 0 aliphatic heterocycles. The molecule has 1 saturated carbocycles. The topological polar surface area (TPSA) is 82.1 Å². The average molecular weight is 350 g/mol. The van der Waals surface area contributed by atoms with Gasteiger partial charge in [-0.05, 0) is 44.4 Å². The molecule has 0 heterocycles. The normalized spacial score (nSPS) is 22.2. The van der Waals surface area contributed by atoms with Crippen molar-refractivity contribution in [2.45, 2.75) is 65.2 Å². The smallest absolute Gasteiger partial charge is 0.474 e. The molecule has 1 rings (SSSR count). The third-order valence-electron chi connectivity index (χ3n) is 4.16. The summed E-state index contributed by atoms with van der Waals surface area (Å²) < 4.78 is 28.9. The van der Waals surface area contributed by atoms with Crippen molar-refractivity contribution in [1.82, 2.24) is 0 Å². The molecule has 1 N–H and O–H groups in total. The Morgan fingerprint density at radius 3 is 1.96 bits per heavy atom. The minimum Gasteiger partial charge on any atom is -0.481 e. The second kappa shape index (κ2) is 11.2. The first-order valence-electron chi connectivity index (χ1n) is 8.77. The highest BCUT2D eigenvalue weighted by atomic mass is 31.2. The van der Waals surface area contributed by atoms with Crippen molar-refractivity contribution in [3.8, 4) is 0 Å². The summed E-state index contributed by atoms with van der Waals surface area (Å²) in [6.07, 6.45) is 6.40. The Bertz CT molecular complexity index is 365. The van der Waals surface area contributed by atoms with Crippen LogP contribution < -0.4 is 0 Å². The van der Waals surface area contributed by atoms with Crippen LogP contribution in [0.4, 0.5) is 0 Å². The molecular weight excluding hydrogens is 319 g/mol. The quantitative estimate of drug-likeness (QED) is 0.408. The highest BCUT2D eigenvalue weighted by molar-refractivity contribution is 7.48. The molecule has 0 bridgehead atoms. The zero-order valence-electron chi connectivity index (χ0n) is 14.4. The largest absolute Gasteiger partial charge is 0.481 e. The molecule has 0 amide bonds. The fourth-order valence-corrected chi connectivity index (χ4v) is 3.85. The van der Waals surface area contributed by atoms with Gasteiger partial charge in [0.25, 0.3) is 0 Å². The van der Waals surface area contributed by atoms with Crippen LogP contribution in [0.1, 0.15) is 65.2 Å². The Hall–Kier alpha value is -0.420. The van der Waals surface area contributed by atoms with Gasteiger partial charge in [0.1, 0.15) is 0 Å². The monoisotopic (exact) mass is 350 g/mol. The summed E-state index contributed by atoms with van der Waals surface area (Å²) in [5, 5.41) is 9.01. The van der Waals surface area contributed by atoms with Gasteiger partial charge in [-0.2, -0.15) is 0 Å². The molecule has 0 aromatic rings. The van der Waals surface area contributed by atoms with Crippen molar-refractivity contribution in [2.75, 3.05) is 19.8 Å². The van der Waals surface area contributed by atoms with Crippen molar-refractivity contribution in [3.05, 3.63) is 0 Å². The molecule has 0 radical (unpaired) electrons. The SMILES string of the molecule is CCCCOP(=O)(OCCCC)OC[C@H]1CC[C@H](C(=O)O)CC1. The van der Waals surface area contributed by atoms with Gasteiger partial charge in [-0.3, -0.25) is 18.4 Å². The molecule has 136 valence electrons. The maximum atomic E-state index is 12.6. The molecular formula is C16H31O6P. The molecule has 1 aliphatic rings. The number of phosphoric acid groups is 1. The number of carboxylic acids is 1. The van der Waals surface area contributed by atoms with Crippen LogP contribution in [0.15, 0.2) is 0 Å². The lowest BCUT2D eigenvalue weighted by molar-refractivity contribution is -0.143. The minimum atomic E-state index is -3.50. The van der Waals surface area contributed by atoms with E-state index in [4.69, 9.17) is 18.7 Å². The predicted molar refractivity (Wildman–Crippen MR) is 88.4 cm³/mol. The second-order valence-corrected chi connectivity index (χ2v) is 7.84. The Morgan fingerprint density at radius 1 is 1.00 bits per heavy atom. The van der Waals surface area contributed by atoms with Crippen LogP contribution >= 0.6 is 7.82 Å². The van der Waals surface area contributed by atoms with Gasteiger partial charge in [0, 0.05) is 0 Å². The van der Waals surface area contributed by atoms with E-state index in [9.17, 15) is 9.36 Å². The molecule has 0 spiro atoms. The molecule has 23 heavy (non-hydrogen) atoms. The standard InChI is InChI=1S/C16H31O6P/c1-3-5-11-20-23(19,21-12-6-4-2)22-13-14-7-9-15(10-8-14)16(17)18/h14-15H,3-13H2,1-2H3,(H,17,18)/t14-,15-. The zero-order chi connectivity index (χ0) is 17.1. The highest BCUT2D eigenvalue weighted by Crippen LogP contribution is 2.50. The second-order valence-electron chi connectivity index (χ2n) is 6.17. The number of unbranched alkanes of at least 4 members (excludes halogenated alkanes) is 2. The van der Waals surface area contributed by atoms with E-state index in [0.29, 0.717) is 32.7 Å². The molecule has 0 saturated heterocycles. The molecule has 6 nitrogen and oxygen atoms in total. The Morgan fingerprint density at radius 2 is 1.52 bits per heavy atom. The van der Waals surface area contributed by atoms with E-state index < -0.39 is 13.8 Å². The molecule has 0 atom stereocenters. The summed E-state index contributed by atoms with van der Waals surface area (Å²) in [6.45, 7) is 5.11. The lowest BCUT2D eigenvalue weighted by Crippen LogP contribution is -2.23. The van der Waals surface area contributed by atoms with Gasteiger partial charge in [0.15, 0.2) is 0 Å². The number of phosphoric ester groups is 1. The summed E-state index contributed by atoms with van der Waals surface area (Å²) in [5.41, 5.74) is 0. The lowest BCUT2D eigenvalue weighted by Gasteiger charge is -2.27. The summed E-state index contributed by atoms with van der Waals surface area (Å²) in [4.78, 5) is 11.0. The van der Waals surface area contributed by atoms with Crippen LogP contribution in [-0.4, -0.2) is 30.9 Å². The molecule has 0 aromatic carbocycles. The van der Waals surface area contributed by atoms with Gasteiger partial charge in [-0.25, -0.2) is 4.57 Å². The van der Waals surface area contributed by atoms with Crippen molar-refractivity contribution < 1.29 is 28.0 Å². The van der Waals surface area contributed by atoms with Crippen molar-refractivity contribution in [2.24, 2.45) is 11.8 Å². The van der Waals surface area contributed by atoms with Crippen LogP contribution in [0.25, 0.3) is 0 Å². The first-order chi connectivity index (χ1) is 11.0. The average Bonchev–Trinajstić information content (AvgIpc) is 2.54. The Balaban J connectivity index is 2.40. The number of hydrogen-bond acceptors (Lipinski definition) is 5. The number of hydrogen-bond donors (Lipinski definition) is 1. The third kappa shape index (κ3) is 8.30. The van der Waals surface area contributed by atoms with Gasteiger partial charge in [0.2, 0.25) is 0 Å².